The summed E-state index contributed by atoms with van der Waals surface area (Å²) < 4.78 is 1.01. The molecular formula is C13H17BrN2O. The van der Waals surface area contributed by atoms with E-state index >= 15 is 0 Å². The average molecular weight is 297 g/mol. The van der Waals surface area contributed by atoms with Gasteiger partial charge in [-0.25, -0.2) is 0 Å². The van der Waals surface area contributed by atoms with Crippen LogP contribution in [0.2, 0.25) is 0 Å². The molecule has 1 fully saturated rings. The van der Waals surface area contributed by atoms with Crippen molar-refractivity contribution < 1.29 is 4.79 Å². The summed E-state index contributed by atoms with van der Waals surface area (Å²) in [5.74, 6) is 0.127. The zero-order chi connectivity index (χ0) is 12.4. The minimum atomic E-state index is 0.127. The van der Waals surface area contributed by atoms with Gasteiger partial charge in [0.1, 0.15) is 0 Å². The van der Waals surface area contributed by atoms with E-state index in [1.807, 2.05) is 30.0 Å². The monoisotopic (exact) mass is 296 g/mol. The smallest absolute Gasteiger partial charge is 0.254 e. The van der Waals surface area contributed by atoms with Crippen molar-refractivity contribution >= 4 is 21.8 Å². The van der Waals surface area contributed by atoms with Crippen LogP contribution < -0.4 is 5.73 Å². The number of carbonyl (C=O) groups is 1. The Morgan fingerprint density at radius 1 is 1.41 bits per heavy atom. The van der Waals surface area contributed by atoms with Crippen molar-refractivity contribution in [2.24, 2.45) is 5.73 Å². The molecule has 0 aliphatic carbocycles. The summed E-state index contributed by atoms with van der Waals surface area (Å²) >= 11 is 3.41. The molecule has 1 aliphatic rings. The van der Waals surface area contributed by atoms with Crippen LogP contribution in [0.5, 0.6) is 0 Å². The van der Waals surface area contributed by atoms with Crippen LogP contribution in [0, 0.1) is 6.92 Å². The summed E-state index contributed by atoms with van der Waals surface area (Å²) in [5, 5.41) is 0. The molecule has 0 aromatic heterocycles. The molecule has 1 aromatic carbocycles. The summed E-state index contributed by atoms with van der Waals surface area (Å²) in [7, 11) is 0. The molecular weight excluding hydrogens is 280 g/mol. The van der Waals surface area contributed by atoms with Crippen molar-refractivity contribution in [3.05, 3.63) is 33.8 Å². The van der Waals surface area contributed by atoms with Crippen LogP contribution in [0.15, 0.2) is 22.7 Å². The van der Waals surface area contributed by atoms with Crippen molar-refractivity contribution in [2.75, 3.05) is 13.1 Å². The summed E-state index contributed by atoms with van der Waals surface area (Å²) in [5.41, 5.74) is 7.65. The van der Waals surface area contributed by atoms with Crippen LogP contribution >= 0.6 is 15.9 Å². The summed E-state index contributed by atoms with van der Waals surface area (Å²) in [6.07, 6.45) is 1.81. The van der Waals surface area contributed by atoms with Crippen LogP contribution in [-0.2, 0) is 0 Å². The number of nitrogens with two attached hydrogens (primary N) is 1. The molecule has 92 valence electrons. The molecule has 0 saturated carbocycles. The van der Waals surface area contributed by atoms with Gasteiger partial charge in [0.05, 0.1) is 0 Å². The number of piperidine rings is 1. The normalized spacial score (nSPS) is 17.2. The molecule has 0 bridgehead atoms. The van der Waals surface area contributed by atoms with Gasteiger partial charge < -0.3 is 10.6 Å². The Hall–Kier alpha value is -0.870. The lowest BCUT2D eigenvalue weighted by atomic mass is 10.0. The molecule has 0 radical (unpaired) electrons. The van der Waals surface area contributed by atoms with Crippen molar-refractivity contribution in [3.8, 4) is 0 Å². The first-order valence-corrected chi connectivity index (χ1v) is 6.68. The highest BCUT2D eigenvalue weighted by molar-refractivity contribution is 9.10. The first kappa shape index (κ1) is 12.6. The molecule has 0 atom stereocenters. The van der Waals surface area contributed by atoms with Crippen LogP contribution in [0.25, 0.3) is 0 Å². The lowest BCUT2D eigenvalue weighted by Gasteiger charge is -2.30. The van der Waals surface area contributed by atoms with Gasteiger partial charge in [-0.1, -0.05) is 15.9 Å². The fraction of sp³-hybridized carbons (Fsp3) is 0.462. The number of amides is 1. The Balaban J connectivity index is 2.14. The quantitative estimate of drug-likeness (QED) is 0.864. The number of halogens is 1. The molecule has 1 aliphatic heterocycles. The maximum absolute atomic E-state index is 12.3. The zero-order valence-electron chi connectivity index (χ0n) is 9.95. The highest BCUT2D eigenvalue weighted by Gasteiger charge is 2.22. The highest BCUT2D eigenvalue weighted by Crippen LogP contribution is 2.19. The van der Waals surface area contributed by atoms with Gasteiger partial charge >= 0.3 is 0 Å². The minimum absolute atomic E-state index is 0.127. The third-order valence-electron chi connectivity index (χ3n) is 3.25. The molecule has 4 heteroatoms. The van der Waals surface area contributed by atoms with Crippen molar-refractivity contribution in [2.45, 2.75) is 25.8 Å². The van der Waals surface area contributed by atoms with Crippen LogP contribution in [0.1, 0.15) is 28.8 Å². The standard InChI is InChI=1S/C13H17BrN2O/c1-9-8-10(14)2-3-12(9)13(17)16-6-4-11(15)5-7-16/h2-3,8,11H,4-7,15H2,1H3. The number of benzene rings is 1. The average Bonchev–Trinajstić information content (AvgIpc) is 2.29. The largest absolute Gasteiger partial charge is 0.339 e. The van der Waals surface area contributed by atoms with Gasteiger partial charge in [-0.05, 0) is 43.5 Å². The number of rotatable bonds is 1. The van der Waals surface area contributed by atoms with E-state index in [1.165, 1.54) is 0 Å². The molecule has 0 unspecified atom stereocenters. The Bertz CT molecular complexity index is 425. The molecule has 2 rings (SSSR count). The maximum Gasteiger partial charge on any atom is 0.254 e. The van der Waals surface area contributed by atoms with Gasteiger partial charge in [0.2, 0.25) is 0 Å². The Morgan fingerprint density at radius 3 is 2.65 bits per heavy atom. The van der Waals surface area contributed by atoms with E-state index in [2.05, 4.69) is 15.9 Å². The van der Waals surface area contributed by atoms with Gasteiger partial charge in [0, 0.05) is 29.2 Å². The minimum Gasteiger partial charge on any atom is -0.339 e. The van der Waals surface area contributed by atoms with Gasteiger partial charge in [-0.3, -0.25) is 4.79 Å². The van der Waals surface area contributed by atoms with E-state index in [4.69, 9.17) is 5.73 Å². The van der Waals surface area contributed by atoms with E-state index in [1.54, 1.807) is 0 Å². The number of carbonyl (C=O) groups excluding carboxylic acids is 1. The van der Waals surface area contributed by atoms with E-state index in [0.29, 0.717) is 0 Å². The molecule has 1 aromatic rings. The Labute approximate surface area is 110 Å². The second-order valence-corrected chi connectivity index (χ2v) is 5.50. The molecule has 17 heavy (non-hydrogen) atoms. The van der Waals surface area contributed by atoms with Gasteiger partial charge in [0.15, 0.2) is 0 Å². The summed E-state index contributed by atoms with van der Waals surface area (Å²) in [4.78, 5) is 14.2. The fourth-order valence-corrected chi connectivity index (χ4v) is 2.62. The number of hydrogen-bond acceptors (Lipinski definition) is 2. The second-order valence-electron chi connectivity index (χ2n) is 4.59. The number of nitrogens with zero attached hydrogens (tertiary/aromatic N) is 1. The van der Waals surface area contributed by atoms with Crippen molar-refractivity contribution in [1.29, 1.82) is 0 Å². The van der Waals surface area contributed by atoms with Gasteiger partial charge in [-0.15, -0.1) is 0 Å². The van der Waals surface area contributed by atoms with E-state index in [0.717, 1.165) is 41.5 Å². The van der Waals surface area contributed by atoms with Crippen LogP contribution in [-0.4, -0.2) is 29.9 Å². The molecule has 3 nitrogen and oxygen atoms in total. The second kappa shape index (κ2) is 5.19. The molecule has 1 amide bonds. The fourth-order valence-electron chi connectivity index (χ4n) is 2.14. The molecule has 2 N–H and O–H groups in total. The summed E-state index contributed by atoms with van der Waals surface area (Å²) in [6, 6.07) is 6.03. The topological polar surface area (TPSA) is 46.3 Å². The third kappa shape index (κ3) is 2.87. The predicted octanol–water partition coefficient (Wildman–Crippen LogP) is 2.32. The molecule has 1 saturated heterocycles. The third-order valence-corrected chi connectivity index (χ3v) is 3.74. The lowest BCUT2D eigenvalue weighted by Crippen LogP contribution is -2.43. The number of hydrogen-bond donors (Lipinski definition) is 1. The van der Waals surface area contributed by atoms with Crippen LogP contribution in [0.4, 0.5) is 0 Å². The molecule has 1 heterocycles. The first-order valence-electron chi connectivity index (χ1n) is 5.89. The highest BCUT2D eigenvalue weighted by atomic mass is 79.9. The maximum atomic E-state index is 12.3. The van der Waals surface area contributed by atoms with Crippen LogP contribution in [0.3, 0.4) is 0 Å². The Kier molecular flexibility index (Phi) is 3.84. The zero-order valence-corrected chi connectivity index (χ0v) is 11.5. The number of likely N-dealkylation sites (tertiary alicyclic amines) is 1. The van der Waals surface area contributed by atoms with Crippen molar-refractivity contribution in [3.63, 3.8) is 0 Å². The van der Waals surface area contributed by atoms with Gasteiger partial charge in [-0.2, -0.15) is 0 Å². The predicted molar refractivity (Wildman–Crippen MR) is 72.0 cm³/mol. The van der Waals surface area contributed by atoms with E-state index in [-0.39, 0.29) is 11.9 Å². The first-order chi connectivity index (χ1) is 8.08. The van der Waals surface area contributed by atoms with E-state index < -0.39 is 0 Å². The molecule has 0 spiro atoms. The van der Waals surface area contributed by atoms with E-state index in [9.17, 15) is 4.79 Å². The SMILES string of the molecule is Cc1cc(Br)ccc1C(=O)N1CCC(N)CC1. The van der Waals surface area contributed by atoms with Gasteiger partial charge in [0.25, 0.3) is 5.91 Å². The Morgan fingerprint density at radius 2 is 2.06 bits per heavy atom. The van der Waals surface area contributed by atoms with Crippen molar-refractivity contribution in [1.82, 2.24) is 4.90 Å². The summed E-state index contributed by atoms with van der Waals surface area (Å²) in [6.45, 7) is 3.51. The lowest BCUT2D eigenvalue weighted by molar-refractivity contribution is 0.0714. The number of aryl methyl sites for hydroxylation is 1.